The van der Waals surface area contributed by atoms with Crippen molar-refractivity contribution in [2.45, 2.75) is 4.90 Å². The van der Waals surface area contributed by atoms with Gasteiger partial charge in [-0.3, -0.25) is 0 Å². The van der Waals surface area contributed by atoms with Gasteiger partial charge in [0.15, 0.2) is 0 Å². The van der Waals surface area contributed by atoms with Crippen LogP contribution in [0.2, 0.25) is 20.1 Å². The molecule has 0 nitrogen and oxygen atoms in total. The fraction of sp³-hybridized carbons (Fsp3) is 0. The van der Waals surface area contributed by atoms with Gasteiger partial charge in [-0.05, 0) is 53.1 Å². The summed E-state index contributed by atoms with van der Waals surface area (Å²) in [7, 11) is 0. The van der Waals surface area contributed by atoms with E-state index in [4.69, 9.17) is 58.6 Å². The van der Waals surface area contributed by atoms with Crippen LogP contribution in [0.5, 0.6) is 0 Å². The monoisotopic (exact) mass is 522 g/mol. The van der Waals surface area contributed by atoms with Crippen LogP contribution in [0.1, 0.15) is 5.56 Å². The zero-order chi connectivity index (χ0) is 22.6. The lowest BCUT2D eigenvalue weighted by atomic mass is 10.1. The van der Waals surface area contributed by atoms with Crippen LogP contribution >= 0.6 is 71.3 Å². The quantitative estimate of drug-likeness (QED) is 0.201. The van der Waals surface area contributed by atoms with Gasteiger partial charge in [0.1, 0.15) is 0 Å². The molecule has 4 rings (SSSR count). The maximum absolute atomic E-state index is 5.68. The van der Waals surface area contributed by atoms with Crippen molar-refractivity contribution in [3.63, 3.8) is 0 Å². The van der Waals surface area contributed by atoms with Crippen molar-refractivity contribution in [2.75, 3.05) is 0 Å². The Morgan fingerprint density at radius 1 is 0.548 bits per heavy atom. The third kappa shape index (κ3) is 10.1. The second kappa shape index (κ2) is 13.8. The van der Waals surface area contributed by atoms with Gasteiger partial charge in [0.2, 0.25) is 0 Å². The number of hydrogen-bond acceptors (Lipinski definition) is 2. The molecule has 0 spiro atoms. The van der Waals surface area contributed by atoms with Gasteiger partial charge in [0.25, 0.3) is 0 Å². The minimum absolute atomic E-state index is 0.614. The Kier molecular flexibility index (Phi) is 11.5. The summed E-state index contributed by atoms with van der Waals surface area (Å²) in [4.78, 5) is 0.785. The smallest absolute Gasteiger partial charge is 0.0431 e. The van der Waals surface area contributed by atoms with Crippen LogP contribution in [0.15, 0.2) is 102 Å². The zero-order valence-corrected chi connectivity index (χ0v) is 20.9. The normalized spacial score (nSPS) is 9.58. The first-order valence-corrected chi connectivity index (χ1v) is 11.5. The molecule has 0 aliphatic heterocycles. The molecule has 0 fully saturated rings. The number of benzene rings is 4. The molecule has 0 unspecified atom stereocenters. The molecule has 0 saturated heterocycles. The molecule has 0 radical (unpaired) electrons. The summed E-state index contributed by atoms with van der Waals surface area (Å²) in [6.07, 6.45) is 0. The van der Waals surface area contributed by atoms with Crippen LogP contribution in [0.25, 0.3) is 11.1 Å². The summed E-state index contributed by atoms with van der Waals surface area (Å²) in [5.74, 6) is 0. The van der Waals surface area contributed by atoms with Crippen LogP contribution in [-0.2, 0) is 0 Å². The van der Waals surface area contributed by atoms with Gasteiger partial charge in [-0.2, -0.15) is 0 Å². The fourth-order valence-electron chi connectivity index (χ4n) is 2.44. The highest BCUT2D eigenvalue weighted by Crippen LogP contribution is 2.21. The second-order valence-electron chi connectivity index (χ2n) is 6.18. The van der Waals surface area contributed by atoms with E-state index in [1.165, 1.54) is 16.5 Å². The molecular weight excluding hydrogens is 506 g/mol. The van der Waals surface area contributed by atoms with Crippen LogP contribution in [-0.4, -0.2) is 5.37 Å². The second-order valence-corrected chi connectivity index (χ2v) is 8.68. The topological polar surface area (TPSA) is 0 Å². The average Bonchev–Trinajstić information content (AvgIpc) is 2.74. The van der Waals surface area contributed by atoms with Crippen LogP contribution in [0.3, 0.4) is 0 Å². The van der Waals surface area contributed by atoms with Crippen LogP contribution in [0, 0.1) is 0 Å². The fourth-order valence-corrected chi connectivity index (χ4v) is 4.08. The Bertz CT molecular complexity index is 993. The van der Waals surface area contributed by atoms with E-state index in [0.29, 0.717) is 20.1 Å². The molecule has 4 aromatic rings. The predicted octanol–water partition coefficient (Wildman–Crippen LogP) is 9.98. The van der Waals surface area contributed by atoms with Crippen molar-refractivity contribution in [2.24, 2.45) is 0 Å². The zero-order valence-electron chi connectivity index (χ0n) is 16.2. The molecule has 0 N–H and O–H groups in total. The van der Waals surface area contributed by atoms with E-state index in [2.05, 4.69) is 61.2 Å². The molecule has 6 heteroatoms. The third-order valence-corrected chi connectivity index (χ3v) is 5.15. The third-order valence-electron chi connectivity index (χ3n) is 3.75. The van der Waals surface area contributed by atoms with E-state index in [9.17, 15) is 0 Å². The van der Waals surface area contributed by atoms with Crippen molar-refractivity contribution in [1.82, 2.24) is 0 Å². The predicted molar refractivity (Wildman–Crippen MR) is 145 cm³/mol. The van der Waals surface area contributed by atoms with Crippen molar-refractivity contribution in [1.29, 1.82) is 0 Å². The molecule has 0 aromatic heterocycles. The van der Waals surface area contributed by atoms with Crippen molar-refractivity contribution in [3.8, 4) is 11.1 Å². The van der Waals surface area contributed by atoms with Gasteiger partial charge in [-0.15, -0.1) is 12.6 Å². The first-order valence-electron chi connectivity index (χ1n) is 9.04. The van der Waals surface area contributed by atoms with Crippen LogP contribution in [0.4, 0.5) is 0 Å². The van der Waals surface area contributed by atoms with Gasteiger partial charge in [-0.1, -0.05) is 119 Å². The van der Waals surface area contributed by atoms with Crippen molar-refractivity contribution < 1.29 is 0 Å². The van der Waals surface area contributed by atoms with Crippen LogP contribution < -0.4 is 0 Å². The van der Waals surface area contributed by atoms with Crippen molar-refractivity contribution in [3.05, 3.63) is 123 Å². The standard InChI is InChI=1S/C12H10.C7H4Cl2S.C6H4Cl2S/c1-3-7-11(8-4-1)12-9-5-2-6-10-12;8-6-1-5(4-10)2-7(9)3-6;7-4-1-5(8)3-6(9)2-4/h1-10H;1-4H;1-3,9H. The summed E-state index contributed by atoms with van der Waals surface area (Å²) >= 11 is 31.3. The summed E-state index contributed by atoms with van der Waals surface area (Å²) in [6, 6.07) is 31.1. The number of rotatable bonds is 2. The lowest BCUT2D eigenvalue weighted by Gasteiger charge is -1.98. The maximum Gasteiger partial charge on any atom is 0.0431 e. The Hall–Kier alpha value is -1.52. The molecule has 0 aliphatic carbocycles. The number of thiocarbonyl (C=S) groups is 1. The maximum atomic E-state index is 5.68. The van der Waals surface area contributed by atoms with E-state index < -0.39 is 0 Å². The molecule has 158 valence electrons. The van der Waals surface area contributed by atoms with Gasteiger partial charge in [0.05, 0.1) is 0 Å². The van der Waals surface area contributed by atoms with E-state index in [1.54, 1.807) is 36.4 Å². The summed E-state index contributed by atoms with van der Waals surface area (Å²) < 4.78 is 0. The van der Waals surface area contributed by atoms with E-state index >= 15 is 0 Å². The molecule has 0 aliphatic rings. The summed E-state index contributed by atoms with van der Waals surface area (Å²) in [5.41, 5.74) is 3.42. The molecule has 0 bridgehead atoms. The van der Waals surface area contributed by atoms with E-state index in [0.717, 1.165) is 10.5 Å². The Morgan fingerprint density at radius 2 is 0.903 bits per heavy atom. The minimum atomic E-state index is 0.614. The summed E-state index contributed by atoms with van der Waals surface area (Å²) in [6.45, 7) is 0. The number of thiol groups is 1. The molecule has 0 saturated carbocycles. The highest BCUT2D eigenvalue weighted by Gasteiger charge is 1.94. The molecule has 0 amide bonds. The first kappa shape index (κ1) is 25.7. The lowest BCUT2D eigenvalue weighted by molar-refractivity contribution is 1.48. The van der Waals surface area contributed by atoms with Gasteiger partial charge >= 0.3 is 0 Å². The Morgan fingerprint density at radius 3 is 1.23 bits per heavy atom. The minimum Gasteiger partial charge on any atom is -0.143 e. The van der Waals surface area contributed by atoms with Gasteiger partial charge in [-0.25, -0.2) is 0 Å². The molecular formula is C25H18Cl4S2. The SMILES string of the molecule is S=Cc1cc(Cl)cc(Cl)c1.Sc1cc(Cl)cc(Cl)c1.c1ccc(-c2ccccc2)cc1. The molecule has 0 heterocycles. The summed E-state index contributed by atoms with van der Waals surface area (Å²) in [5, 5.41) is 4.00. The first-order chi connectivity index (χ1) is 14.9. The van der Waals surface area contributed by atoms with E-state index in [-0.39, 0.29) is 0 Å². The van der Waals surface area contributed by atoms with E-state index in [1.807, 2.05) is 12.1 Å². The Labute approximate surface area is 214 Å². The average molecular weight is 524 g/mol. The lowest BCUT2D eigenvalue weighted by Crippen LogP contribution is -1.76. The number of halogens is 4. The van der Waals surface area contributed by atoms with Gasteiger partial charge in [0, 0.05) is 30.4 Å². The molecule has 0 atom stereocenters. The highest BCUT2D eigenvalue weighted by atomic mass is 35.5. The molecule has 31 heavy (non-hydrogen) atoms. The number of hydrogen-bond donors (Lipinski definition) is 1. The van der Waals surface area contributed by atoms with Crippen molar-refractivity contribution >= 4 is 76.6 Å². The molecule has 4 aromatic carbocycles. The highest BCUT2D eigenvalue weighted by molar-refractivity contribution is 7.80. The largest absolute Gasteiger partial charge is 0.143 e. The van der Waals surface area contributed by atoms with Gasteiger partial charge < -0.3 is 0 Å². The Balaban J connectivity index is 0.000000167.